The monoisotopic (exact) mass is 411 g/mol. The van der Waals surface area contributed by atoms with Crippen LogP contribution >= 0.6 is 8.38 Å². The maximum Gasteiger partial charge on any atom is 0.166 e. The van der Waals surface area contributed by atoms with E-state index in [1.165, 1.54) is 0 Å². The van der Waals surface area contributed by atoms with Crippen LogP contribution in [-0.4, -0.2) is 70.3 Å². The highest BCUT2D eigenvalue weighted by Crippen LogP contribution is 2.26. The Bertz CT molecular complexity index is 920. The number of allylic oxidation sites excluding steroid dienone is 3. The molecule has 7 nitrogen and oxygen atoms in total. The normalized spacial score (nSPS) is 16.1. The summed E-state index contributed by atoms with van der Waals surface area (Å²) in [5, 5.41) is 1.03. The minimum Gasteiger partial charge on any atom is -0.353 e. The van der Waals surface area contributed by atoms with E-state index >= 15 is 0 Å². The Morgan fingerprint density at radius 2 is 1.93 bits per heavy atom. The zero-order chi connectivity index (χ0) is 20.6. The molecule has 2 N–H and O–H groups in total. The van der Waals surface area contributed by atoms with Crippen LogP contribution in [0.1, 0.15) is 5.82 Å². The molecule has 2 aromatic rings. The first-order chi connectivity index (χ1) is 14.1. The second-order valence-electron chi connectivity index (χ2n) is 6.70. The van der Waals surface area contributed by atoms with E-state index in [9.17, 15) is 0 Å². The van der Waals surface area contributed by atoms with Crippen molar-refractivity contribution in [2.75, 3.05) is 43.8 Å². The molecule has 0 atom stereocenters. The first-order valence-electron chi connectivity index (χ1n) is 9.46. The maximum absolute atomic E-state index is 9.14. The maximum atomic E-state index is 9.14. The van der Waals surface area contributed by atoms with E-state index in [2.05, 4.69) is 33.1 Å². The minimum atomic E-state index is -1.83. The van der Waals surface area contributed by atoms with Gasteiger partial charge in [-0.1, -0.05) is 24.8 Å². The number of hydrogen-bond acceptors (Lipinski definition) is 7. The summed E-state index contributed by atoms with van der Waals surface area (Å²) in [4.78, 5) is 36.1. The van der Waals surface area contributed by atoms with Gasteiger partial charge in [0.15, 0.2) is 14.2 Å². The number of benzene rings is 1. The van der Waals surface area contributed by atoms with Crippen molar-refractivity contribution < 1.29 is 9.79 Å². The zero-order valence-electron chi connectivity index (χ0n) is 16.4. The van der Waals surface area contributed by atoms with Gasteiger partial charge in [-0.2, -0.15) is 0 Å². The van der Waals surface area contributed by atoms with Crippen LogP contribution in [0.2, 0.25) is 0 Å². The number of nitrogens with zero attached hydrogens (tertiary/aromatic N) is 5. The van der Waals surface area contributed by atoms with Gasteiger partial charge in [0.25, 0.3) is 0 Å². The molecule has 3 rings (SSSR count). The number of hydrogen-bond donors (Lipinski definition) is 2. The number of anilines is 1. The molecule has 1 aliphatic heterocycles. The van der Waals surface area contributed by atoms with Crippen molar-refractivity contribution in [1.29, 1.82) is 0 Å². The second-order valence-corrected chi connectivity index (χ2v) is 7.89. The van der Waals surface area contributed by atoms with Crippen molar-refractivity contribution >= 4 is 37.9 Å². The molecule has 0 saturated carbocycles. The average molecular weight is 411 g/mol. The molecule has 0 radical (unpaired) electrons. The van der Waals surface area contributed by atoms with E-state index in [0.717, 1.165) is 48.5 Å². The first kappa shape index (κ1) is 21.3. The van der Waals surface area contributed by atoms with Gasteiger partial charge in [0.1, 0.15) is 5.82 Å². The lowest BCUT2D eigenvalue weighted by atomic mass is 10.2. The van der Waals surface area contributed by atoms with Crippen LogP contribution in [0.15, 0.2) is 59.8 Å². The SMILES string of the molecule is C=CC(/C=C/c1nc(N2CCN(CCP(O)O)CC2)c2ccccc2n1)=C\N=C. The summed E-state index contributed by atoms with van der Waals surface area (Å²) in [7, 11) is -1.83. The largest absolute Gasteiger partial charge is 0.353 e. The fourth-order valence-electron chi connectivity index (χ4n) is 3.25. The molecular weight excluding hydrogens is 385 g/mol. The number of aromatic nitrogens is 2. The molecule has 0 bridgehead atoms. The summed E-state index contributed by atoms with van der Waals surface area (Å²) in [5.41, 5.74) is 1.73. The fourth-order valence-corrected chi connectivity index (χ4v) is 3.71. The summed E-state index contributed by atoms with van der Waals surface area (Å²) in [6.45, 7) is 11.3. The standard InChI is InChI=1S/C21H26N5O2P/c1-3-17(16-22-2)8-9-20-23-19-7-5-4-6-18(19)21(24-20)26-12-10-25(11-13-26)14-15-29(27)28/h3-9,16,27-28H,1-2,10-15H2/b9-8+,17-16+. The number of piperazine rings is 1. The molecule has 0 spiro atoms. The van der Waals surface area contributed by atoms with Crippen LogP contribution in [0.4, 0.5) is 5.82 Å². The molecule has 1 fully saturated rings. The Labute approximate surface area is 172 Å². The van der Waals surface area contributed by atoms with Gasteiger partial charge in [0, 0.05) is 50.5 Å². The molecule has 29 heavy (non-hydrogen) atoms. The molecule has 2 heterocycles. The third-order valence-corrected chi connectivity index (χ3v) is 5.39. The van der Waals surface area contributed by atoms with Crippen molar-refractivity contribution in [1.82, 2.24) is 14.9 Å². The molecular formula is C21H26N5O2P. The smallest absolute Gasteiger partial charge is 0.166 e. The van der Waals surface area contributed by atoms with Gasteiger partial charge >= 0.3 is 0 Å². The van der Waals surface area contributed by atoms with Gasteiger partial charge in [0.05, 0.1) is 5.52 Å². The lowest BCUT2D eigenvalue weighted by Gasteiger charge is -2.35. The summed E-state index contributed by atoms with van der Waals surface area (Å²) < 4.78 is 0. The highest BCUT2D eigenvalue weighted by atomic mass is 31.2. The molecule has 1 aliphatic rings. The number of aliphatic imine (C=N–C) groups is 1. The Kier molecular flexibility index (Phi) is 7.61. The van der Waals surface area contributed by atoms with Crippen LogP contribution in [0.25, 0.3) is 17.0 Å². The number of rotatable bonds is 8. The quantitative estimate of drug-likeness (QED) is 0.395. The van der Waals surface area contributed by atoms with Gasteiger partial charge in [0.2, 0.25) is 0 Å². The second kappa shape index (κ2) is 10.4. The molecule has 1 aromatic heterocycles. The Hall–Kier alpha value is -2.44. The Balaban J connectivity index is 1.84. The summed E-state index contributed by atoms with van der Waals surface area (Å²) in [6, 6.07) is 8.02. The van der Waals surface area contributed by atoms with Crippen LogP contribution in [-0.2, 0) is 0 Å². The average Bonchev–Trinajstić information content (AvgIpc) is 2.75. The lowest BCUT2D eigenvalue weighted by Crippen LogP contribution is -2.47. The van der Waals surface area contributed by atoms with Crippen molar-refractivity contribution in [3.05, 3.63) is 60.6 Å². The van der Waals surface area contributed by atoms with E-state index < -0.39 is 8.38 Å². The van der Waals surface area contributed by atoms with E-state index in [1.807, 2.05) is 36.4 Å². The first-order valence-corrected chi connectivity index (χ1v) is 10.9. The van der Waals surface area contributed by atoms with Crippen LogP contribution in [0.3, 0.4) is 0 Å². The van der Waals surface area contributed by atoms with Gasteiger partial charge < -0.3 is 14.7 Å². The topological polar surface area (TPSA) is 85.1 Å². The van der Waals surface area contributed by atoms with Crippen LogP contribution in [0, 0.1) is 0 Å². The predicted octanol–water partition coefficient (Wildman–Crippen LogP) is 2.83. The van der Waals surface area contributed by atoms with Gasteiger partial charge in [-0.25, -0.2) is 9.97 Å². The molecule has 1 saturated heterocycles. The van der Waals surface area contributed by atoms with Crippen LogP contribution in [0.5, 0.6) is 0 Å². The van der Waals surface area contributed by atoms with E-state index in [-0.39, 0.29) is 0 Å². The van der Waals surface area contributed by atoms with E-state index in [0.29, 0.717) is 18.5 Å². The lowest BCUT2D eigenvalue weighted by molar-refractivity contribution is 0.269. The molecule has 8 heteroatoms. The zero-order valence-corrected chi connectivity index (χ0v) is 17.2. The summed E-state index contributed by atoms with van der Waals surface area (Å²) >= 11 is 0. The van der Waals surface area contributed by atoms with Crippen molar-refractivity contribution in [2.24, 2.45) is 4.99 Å². The molecule has 0 amide bonds. The molecule has 152 valence electrons. The number of para-hydroxylation sites is 1. The third kappa shape index (κ3) is 5.78. The van der Waals surface area contributed by atoms with Crippen molar-refractivity contribution in [2.45, 2.75) is 0 Å². The highest BCUT2D eigenvalue weighted by molar-refractivity contribution is 7.45. The van der Waals surface area contributed by atoms with Gasteiger partial charge in [-0.3, -0.25) is 9.89 Å². The van der Waals surface area contributed by atoms with Gasteiger partial charge in [-0.15, -0.1) is 0 Å². The minimum absolute atomic E-state index is 0.430. The molecule has 0 aliphatic carbocycles. The van der Waals surface area contributed by atoms with Gasteiger partial charge in [-0.05, 0) is 36.6 Å². The van der Waals surface area contributed by atoms with Crippen LogP contribution < -0.4 is 4.90 Å². The van der Waals surface area contributed by atoms with Crippen molar-refractivity contribution in [3.63, 3.8) is 0 Å². The Morgan fingerprint density at radius 3 is 2.62 bits per heavy atom. The van der Waals surface area contributed by atoms with E-state index in [4.69, 9.17) is 14.8 Å². The van der Waals surface area contributed by atoms with Crippen molar-refractivity contribution in [3.8, 4) is 0 Å². The molecule has 1 aromatic carbocycles. The number of fused-ring (bicyclic) bond motifs is 1. The molecule has 0 unspecified atom stereocenters. The highest BCUT2D eigenvalue weighted by Gasteiger charge is 2.20. The third-order valence-electron chi connectivity index (χ3n) is 4.79. The summed E-state index contributed by atoms with van der Waals surface area (Å²) in [6.07, 6.45) is 7.50. The Morgan fingerprint density at radius 1 is 1.17 bits per heavy atom. The summed E-state index contributed by atoms with van der Waals surface area (Å²) in [5.74, 6) is 1.55. The fraction of sp³-hybridized carbons (Fsp3) is 0.286. The predicted molar refractivity (Wildman–Crippen MR) is 121 cm³/mol. The van der Waals surface area contributed by atoms with E-state index in [1.54, 1.807) is 12.3 Å².